The fraction of sp³-hybridized carbons (Fsp3) is 0.615. The first kappa shape index (κ1) is 13.0. The second kappa shape index (κ2) is 5.85. The summed E-state index contributed by atoms with van der Waals surface area (Å²) in [6.45, 7) is 10.6. The molecule has 0 aromatic carbocycles. The van der Waals surface area contributed by atoms with E-state index in [0.717, 1.165) is 25.2 Å². The number of nitrogens with one attached hydrogen (secondary N) is 2. The van der Waals surface area contributed by atoms with E-state index in [1.54, 1.807) is 0 Å². The first-order valence-electron chi connectivity index (χ1n) is 5.94. The van der Waals surface area contributed by atoms with Gasteiger partial charge in [0, 0.05) is 24.8 Å². The molecule has 0 atom stereocenters. The fourth-order valence-corrected chi connectivity index (χ4v) is 1.36. The van der Waals surface area contributed by atoms with E-state index >= 15 is 0 Å². The molecule has 3 heteroatoms. The fourth-order valence-electron chi connectivity index (χ4n) is 1.36. The highest BCUT2D eigenvalue weighted by molar-refractivity contribution is 5.48. The lowest BCUT2D eigenvalue weighted by molar-refractivity contribution is 0.424. The summed E-state index contributed by atoms with van der Waals surface area (Å²) in [6, 6.07) is 2.07. The zero-order chi connectivity index (χ0) is 12.0. The van der Waals surface area contributed by atoms with Gasteiger partial charge in [0.1, 0.15) is 0 Å². The molecule has 0 aliphatic heterocycles. The van der Waals surface area contributed by atoms with Crippen LogP contribution in [0.15, 0.2) is 18.5 Å². The maximum atomic E-state index is 4.15. The summed E-state index contributed by atoms with van der Waals surface area (Å²) in [5, 5.41) is 6.88. The summed E-state index contributed by atoms with van der Waals surface area (Å²) < 4.78 is 0. The molecule has 1 aromatic rings. The van der Waals surface area contributed by atoms with Crippen LogP contribution in [0, 0.1) is 0 Å². The van der Waals surface area contributed by atoms with Gasteiger partial charge in [-0.2, -0.15) is 0 Å². The van der Waals surface area contributed by atoms with Crippen LogP contribution in [0.3, 0.4) is 0 Å². The van der Waals surface area contributed by atoms with Crippen LogP contribution in [0.5, 0.6) is 0 Å². The van der Waals surface area contributed by atoms with Crippen LogP contribution in [-0.2, 0) is 6.54 Å². The first-order valence-corrected chi connectivity index (χ1v) is 5.94. The molecule has 0 bridgehead atoms. The molecule has 0 saturated carbocycles. The highest BCUT2D eigenvalue weighted by Crippen LogP contribution is 2.14. The van der Waals surface area contributed by atoms with E-state index < -0.39 is 0 Å². The van der Waals surface area contributed by atoms with Crippen molar-refractivity contribution < 1.29 is 0 Å². The summed E-state index contributed by atoms with van der Waals surface area (Å²) in [6.07, 6.45) is 4.87. The maximum absolute atomic E-state index is 4.15. The topological polar surface area (TPSA) is 37.0 Å². The minimum atomic E-state index is 0.144. The molecule has 1 rings (SSSR count). The Morgan fingerprint density at radius 3 is 2.69 bits per heavy atom. The summed E-state index contributed by atoms with van der Waals surface area (Å²) in [4.78, 5) is 4.15. The van der Waals surface area contributed by atoms with E-state index in [-0.39, 0.29) is 5.54 Å². The van der Waals surface area contributed by atoms with Gasteiger partial charge in [-0.1, -0.05) is 6.92 Å². The third-order valence-electron chi connectivity index (χ3n) is 2.29. The number of anilines is 1. The molecule has 2 N–H and O–H groups in total. The molecule has 0 amide bonds. The second-order valence-electron chi connectivity index (χ2n) is 5.06. The van der Waals surface area contributed by atoms with Crippen molar-refractivity contribution in [3.8, 4) is 0 Å². The Hall–Kier alpha value is -1.09. The Morgan fingerprint density at radius 2 is 2.06 bits per heavy atom. The number of nitrogens with zero attached hydrogens (tertiary/aromatic N) is 1. The summed E-state index contributed by atoms with van der Waals surface area (Å²) in [5.74, 6) is 0. The minimum absolute atomic E-state index is 0.144. The van der Waals surface area contributed by atoms with Crippen LogP contribution in [-0.4, -0.2) is 17.1 Å². The van der Waals surface area contributed by atoms with Gasteiger partial charge in [-0.25, -0.2) is 0 Å². The van der Waals surface area contributed by atoms with Crippen LogP contribution in [0.4, 0.5) is 5.69 Å². The van der Waals surface area contributed by atoms with E-state index in [1.165, 1.54) is 5.56 Å². The quantitative estimate of drug-likeness (QED) is 0.803. The first-order chi connectivity index (χ1) is 7.53. The number of aromatic nitrogens is 1. The average Bonchev–Trinajstić information content (AvgIpc) is 2.23. The molecule has 16 heavy (non-hydrogen) atoms. The van der Waals surface area contributed by atoms with E-state index in [1.807, 2.05) is 12.4 Å². The predicted molar refractivity (Wildman–Crippen MR) is 69.6 cm³/mol. The van der Waals surface area contributed by atoms with Crippen molar-refractivity contribution in [1.29, 1.82) is 0 Å². The molecule has 0 aliphatic carbocycles. The van der Waals surface area contributed by atoms with Gasteiger partial charge in [-0.15, -0.1) is 0 Å². The van der Waals surface area contributed by atoms with Gasteiger partial charge >= 0.3 is 0 Å². The minimum Gasteiger partial charge on any atom is -0.384 e. The highest BCUT2D eigenvalue weighted by atomic mass is 15.0. The number of hydrogen-bond acceptors (Lipinski definition) is 3. The van der Waals surface area contributed by atoms with Gasteiger partial charge in [0.05, 0.1) is 11.9 Å². The van der Waals surface area contributed by atoms with Gasteiger partial charge in [-0.05, 0) is 38.8 Å². The van der Waals surface area contributed by atoms with Crippen LogP contribution in [0.1, 0.15) is 39.7 Å². The molecule has 0 spiro atoms. The molecule has 0 radical (unpaired) electrons. The van der Waals surface area contributed by atoms with Crippen LogP contribution >= 0.6 is 0 Å². The predicted octanol–water partition coefficient (Wildman–Crippen LogP) is 2.79. The van der Waals surface area contributed by atoms with E-state index in [9.17, 15) is 0 Å². The Labute approximate surface area is 98.7 Å². The van der Waals surface area contributed by atoms with Crippen molar-refractivity contribution in [2.45, 2.75) is 46.2 Å². The molecule has 90 valence electrons. The molecule has 1 heterocycles. The summed E-state index contributed by atoms with van der Waals surface area (Å²) >= 11 is 0. The molecule has 0 aliphatic rings. The molecule has 0 unspecified atom stereocenters. The number of pyridine rings is 1. The lowest BCUT2D eigenvalue weighted by Crippen LogP contribution is -2.35. The Morgan fingerprint density at radius 1 is 1.31 bits per heavy atom. The molecule has 0 fully saturated rings. The lowest BCUT2D eigenvalue weighted by atomic mass is 10.1. The SMILES string of the molecule is CCCNc1cnccc1CNC(C)(C)C. The Kier molecular flexibility index (Phi) is 4.74. The average molecular weight is 221 g/mol. The van der Waals surface area contributed by atoms with Crippen LogP contribution in [0.2, 0.25) is 0 Å². The van der Waals surface area contributed by atoms with Crippen molar-refractivity contribution in [2.24, 2.45) is 0 Å². The van der Waals surface area contributed by atoms with Gasteiger partial charge in [0.2, 0.25) is 0 Å². The van der Waals surface area contributed by atoms with Crippen molar-refractivity contribution >= 4 is 5.69 Å². The van der Waals surface area contributed by atoms with E-state index in [4.69, 9.17) is 0 Å². The molecular weight excluding hydrogens is 198 g/mol. The Balaban J connectivity index is 2.63. The van der Waals surface area contributed by atoms with Gasteiger partial charge in [-0.3, -0.25) is 4.98 Å². The van der Waals surface area contributed by atoms with Crippen molar-refractivity contribution in [1.82, 2.24) is 10.3 Å². The number of rotatable bonds is 5. The van der Waals surface area contributed by atoms with E-state index in [0.29, 0.717) is 0 Å². The van der Waals surface area contributed by atoms with Crippen molar-refractivity contribution in [3.05, 3.63) is 24.0 Å². The molecule has 1 aromatic heterocycles. The third kappa shape index (κ3) is 4.62. The molecule has 3 nitrogen and oxygen atoms in total. The van der Waals surface area contributed by atoms with Gasteiger partial charge < -0.3 is 10.6 Å². The molecule has 0 saturated heterocycles. The summed E-state index contributed by atoms with van der Waals surface area (Å²) in [7, 11) is 0. The third-order valence-corrected chi connectivity index (χ3v) is 2.29. The highest BCUT2D eigenvalue weighted by Gasteiger charge is 2.09. The zero-order valence-corrected chi connectivity index (χ0v) is 10.8. The normalized spacial score (nSPS) is 11.5. The summed E-state index contributed by atoms with van der Waals surface area (Å²) in [5.41, 5.74) is 2.56. The van der Waals surface area contributed by atoms with Crippen LogP contribution < -0.4 is 10.6 Å². The second-order valence-corrected chi connectivity index (χ2v) is 5.06. The standard InChI is InChI=1S/C13H23N3/c1-5-7-15-12-10-14-8-6-11(12)9-16-13(2,3)4/h6,8,10,15-16H,5,7,9H2,1-4H3. The zero-order valence-electron chi connectivity index (χ0n) is 10.8. The molecular formula is C13H23N3. The number of hydrogen-bond donors (Lipinski definition) is 2. The lowest BCUT2D eigenvalue weighted by Gasteiger charge is -2.21. The maximum Gasteiger partial charge on any atom is 0.0572 e. The monoisotopic (exact) mass is 221 g/mol. The van der Waals surface area contributed by atoms with Crippen molar-refractivity contribution in [2.75, 3.05) is 11.9 Å². The Bertz CT molecular complexity index is 315. The van der Waals surface area contributed by atoms with Crippen LogP contribution in [0.25, 0.3) is 0 Å². The van der Waals surface area contributed by atoms with Gasteiger partial charge in [0.25, 0.3) is 0 Å². The van der Waals surface area contributed by atoms with E-state index in [2.05, 4.69) is 49.4 Å². The largest absolute Gasteiger partial charge is 0.384 e. The smallest absolute Gasteiger partial charge is 0.0572 e. The van der Waals surface area contributed by atoms with Gasteiger partial charge in [0.15, 0.2) is 0 Å². The van der Waals surface area contributed by atoms with Crippen molar-refractivity contribution in [3.63, 3.8) is 0 Å².